The van der Waals surface area contributed by atoms with Crippen molar-refractivity contribution in [2.24, 2.45) is 11.8 Å². The molecule has 0 saturated heterocycles. The number of rotatable bonds is 5. The number of hydrogen-bond acceptors (Lipinski definition) is 1. The highest BCUT2D eigenvalue weighted by Crippen LogP contribution is 2.34. The van der Waals surface area contributed by atoms with Gasteiger partial charge in [0.25, 0.3) is 0 Å². The number of aliphatic hydroxyl groups is 1. The summed E-state index contributed by atoms with van der Waals surface area (Å²) in [5, 5.41) is 10.1. The van der Waals surface area contributed by atoms with Gasteiger partial charge < -0.3 is 5.11 Å². The SMILES string of the molecule is CC(C)[C@@H](C)CCCC1(O)CCCC1. The van der Waals surface area contributed by atoms with E-state index in [0.717, 1.165) is 31.1 Å². The van der Waals surface area contributed by atoms with Gasteiger partial charge in [-0.3, -0.25) is 0 Å². The summed E-state index contributed by atoms with van der Waals surface area (Å²) in [7, 11) is 0. The van der Waals surface area contributed by atoms with Gasteiger partial charge in [-0.2, -0.15) is 0 Å². The molecule has 1 atom stereocenters. The van der Waals surface area contributed by atoms with Crippen molar-refractivity contribution in [3.63, 3.8) is 0 Å². The van der Waals surface area contributed by atoms with Crippen molar-refractivity contribution in [2.45, 2.75) is 71.3 Å². The zero-order valence-corrected chi connectivity index (χ0v) is 10.1. The largest absolute Gasteiger partial charge is 0.390 e. The molecule has 0 spiro atoms. The first kappa shape index (κ1) is 12.0. The number of hydrogen-bond donors (Lipinski definition) is 1. The van der Waals surface area contributed by atoms with Crippen molar-refractivity contribution < 1.29 is 5.11 Å². The maximum Gasteiger partial charge on any atom is 0.0647 e. The van der Waals surface area contributed by atoms with Crippen LogP contribution in [-0.4, -0.2) is 10.7 Å². The Balaban J connectivity index is 2.14. The Morgan fingerprint density at radius 2 is 1.71 bits per heavy atom. The predicted octanol–water partition coefficient (Wildman–Crippen LogP) is 3.75. The first-order valence-corrected chi connectivity index (χ1v) is 6.26. The van der Waals surface area contributed by atoms with E-state index >= 15 is 0 Å². The molecule has 1 N–H and O–H groups in total. The Morgan fingerprint density at radius 3 is 2.21 bits per heavy atom. The molecule has 1 heteroatoms. The molecular weight excluding hydrogens is 172 g/mol. The zero-order valence-electron chi connectivity index (χ0n) is 10.1. The first-order chi connectivity index (χ1) is 6.53. The van der Waals surface area contributed by atoms with E-state index in [-0.39, 0.29) is 5.60 Å². The summed E-state index contributed by atoms with van der Waals surface area (Å²) in [5.41, 5.74) is -0.281. The van der Waals surface area contributed by atoms with E-state index in [2.05, 4.69) is 20.8 Å². The average molecular weight is 198 g/mol. The van der Waals surface area contributed by atoms with E-state index in [0.29, 0.717) is 0 Å². The summed E-state index contributed by atoms with van der Waals surface area (Å²) in [5.74, 6) is 1.59. The van der Waals surface area contributed by atoms with Crippen molar-refractivity contribution in [1.29, 1.82) is 0 Å². The van der Waals surface area contributed by atoms with Gasteiger partial charge >= 0.3 is 0 Å². The summed E-state index contributed by atoms with van der Waals surface area (Å²) in [6.45, 7) is 6.90. The third-order valence-corrected chi connectivity index (χ3v) is 3.97. The van der Waals surface area contributed by atoms with Crippen LogP contribution in [0.15, 0.2) is 0 Å². The fourth-order valence-electron chi connectivity index (χ4n) is 2.37. The Morgan fingerprint density at radius 1 is 1.14 bits per heavy atom. The second-order valence-corrected chi connectivity index (χ2v) is 5.54. The maximum absolute atomic E-state index is 10.1. The van der Waals surface area contributed by atoms with Gasteiger partial charge in [-0.1, -0.05) is 46.5 Å². The van der Waals surface area contributed by atoms with Crippen molar-refractivity contribution in [1.82, 2.24) is 0 Å². The first-order valence-electron chi connectivity index (χ1n) is 6.26. The summed E-state index contributed by atoms with van der Waals surface area (Å²) in [6, 6.07) is 0. The molecular formula is C13H26O. The van der Waals surface area contributed by atoms with E-state index in [1.54, 1.807) is 0 Å². The third-order valence-electron chi connectivity index (χ3n) is 3.97. The molecule has 1 aliphatic rings. The lowest BCUT2D eigenvalue weighted by Crippen LogP contribution is -2.23. The molecule has 84 valence electrons. The van der Waals surface area contributed by atoms with Crippen LogP contribution in [0.4, 0.5) is 0 Å². The van der Waals surface area contributed by atoms with Crippen LogP contribution in [0.5, 0.6) is 0 Å². The highest BCUT2D eigenvalue weighted by molar-refractivity contribution is 4.84. The van der Waals surface area contributed by atoms with E-state index in [4.69, 9.17) is 0 Å². The van der Waals surface area contributed by atoms with Gasteiger partial charge in [0.05, 0.1) is 5.60 Å². The minimum Gasteiger partial charge on any atom is -0.390 e. The van der Waals surface area contributed by atoms with Gasteiger partial charge in [-0.15, -0.1) is 0 Å². The van der Waals surface area contributed by atoms with Gasteiger partial charge in [0, 0.05) is 0 Å². The third kappa shape index (κ3) is 3.61. The molecule has 0 unspecified atom stereocenters. The Hall–Kier alpha value is -0.0400. The smallest absolute Gasteiger partial charge is 0.0647 e. The van der Waals surface area contributed by atoms with Crippen molar-refractivity contribution in [3.8, 4) is 0 Å². The quantitative estimate of drug-likeness (QED) is 0.713. The molecule has 0 aliphatic heterocycles. The zero-order chi connectivity index (χ0) is 10.6. The predicted molar refractivity (Wildman–Crippen MR) is 61.3 cm³/mol. The van der Waals surface area contributed by atoms with Crippen LogP contribution in [0, 0.1) is 11.8 Å². The molecule has 1 aliphatic carbocycles. The average Bonchev–Trinajstić information content (AvgIpc) is 2.52. The fraction of sp³-hybridized carbons (Fsp3) is 1.00. The molecule has 14 heavy (non-hydrogen) atoms. The summed E-state index contributed by atoms with van der Waals surface area (Å²) < 4.78 is 0. The lowest BCUT2D eigenvalue weighted by atomic mass is 9.88. The van der Waals surface area contributed by atoms with Crippen molar-refractivity contribution in [2.75, 3.05) is 0 Å². The van der Waals surface area contributed by atoms with Gasteiger partial charge in [0.2, 0.25) is 0 Å². The van der Waals surface area contributed by atoms with E-state index < -0.39 is 0 Å². The molecule has 0 aromatic rings. The van der Waals surface area contributed by atoms with Crippen LogP contribution < -0.4 is 0 Å². The van der Waals surface area contributed by atoms with Crippen LogP contribution >= 0.6 is 0 Å². The second-order valence-electron chi connectivity index (χ2n) is 5.54. The molecule has 0 aromatic heterocycles. The van der Waals surface area contributed by atoms with E-state index in [9.17, 15) is 5.11 Å². The van der Waals surface area contributed by atoms with E-state index in [1.165, 1.54) is 25.7 Å². The van der Waals surface area contributed by atoms with Gasteiger partial charge in [-0.05, 0) is 31.1 Å². The lowest BCUT2D eigenvalue weighted by Gasteiger charge is -2.23. The standard InChI is InChI=1S/C13H26O/c1-11(2)12(3)7-6-10-13(14)8-4-5-9-13/h11-12,14H,4-10H2,1-3H3/t12-/m0/s1. The minimum atomic E-state index is -0.281. The summed E-state index contributed by atoms with van der Waals surface area (Å²) in [4.78, 5) is 0. The topological polar surface area (TPSA) is 20.2 Å². The lowest BCUT2D eigenvalue weighted by molar-refractivity contribution is 0.0348. The van der Waals surface area contributed by atoms with E-state index in [1.807, 2.05) is 0 Å². The molecule has 1 fully saturated rings. The van der Waals surface area contributed by atoms with Crippen LogP contribution in [0.25, 0.3) is 0 Å². The Labute approximate surface area is 88.9 Å². The van der Waals surface area contributed by atoms with Gasteiger partial charge in [0.1, 0.15) is 0 Å². The van der Waals surface area contributed by atoms with Gasteiger partial charge in [-0.25, -0.2) is 0 Å². The molecule has 1 nitrogen and oxygen atoms in total. The minimum absolute atomic E-state index is 0.281. The Kier molecular flexibility index (Phi) is 4.43. The maximum atomic E-state index is 10.1. The molecule has 0 amide bonds. The van der Waals surface area contributed by atoms with Crippen LogP contribution in [0.1, 0.15) is 65.7 Å². The second kappa shape index (κ2) is 5.16. The summed E-state index contributed by atoms with van der Waals surface area (Å²) >= 11 is 0. The van der Waals surface area contributed by atoms with Gasteiger partial charge in [0.15, 0.2) is 0 Å². The molecule has 0 radical (unpaired) electrons. The van der Waals surface area contributed by atoms with Crippen LogP contribution in [0.2, 0.25) is 0 Å². The molecule has 0 bridgehead atoms. The molecule has 1 saturated carbocycles. The van der Waals surface area contributed by atoms with Crippen molar-refractivity contribution in [3.05, 3.63) is 0 Å². The normalized spacial score (nSPS) is 22.9. The molecule has 1 rings (SSSR count). The summed E-state index contributed by atoms with van der Waals surface area (Å²) in [6.07, 6.45) is 8.07. The molecule has 0 heterocycles. The highest BCUT2D eigenvalue weighted by atomic mass is 16.3. The highest BCUT2D eigenvalue weighted by Gasteiger charge is 2.30. The fourth-order valence-corrected chi connectivity index (χ4v) is 2.37. The van der Waals surface area contributed by atoms with Crippen molar-refractivity contribution >= 4 is 0 Å². The monoisotopic (exact) mass is 198 g/mol. The van der Waals surface area contributed by atoms with Crippen LogP contribution in [-0.2, 0) is 0 Å². The Bertz CT molecular complexity index is 157. The van der Waals surface area contributed by atoms with Crippen LogP contribution in [0.3, 0.4) is 0 Å². The molecule has 0 aromatic carbocycles.